The van der Waals surface area contributed by atoms with Gasteiger partial charge in [0.2, 0.25) is 0 Å². The second-order valence-electron chi connectivity index (χ2n) is 4.11. The molecular weight excluding hydrogens is 275 g/mol. The summed E-state index contributed by atoms with van der Waals surface area (Å²) in [4.78, 5) is 0. The molecule has 2 aromatic rings. The standard InChI is InChI=1S/C13H15.2ClH.Ti/c1-9(2)12-6-4-5-11-7-10(3)8-13(11)12;;;/h4-9H,1-3H3;2*1H;/q-1;;;+2/p-2. The molecule has 0 heterocycles. The fourth-order valence-electron chi connectivity index (χ4n) is 1.91. The Labute approximate surface area is 114 Å². The summed E-state index contributed by atoms with van der Waals surface area (Å²) in [7, 11) is 9.78. The van der Waals surface area contributed by atoms with Crippen molar-refractivity contribution in [1.82, 2.24) is 0 Å². The summed E-state index contributed by atoms with van der Waals surface area (Å²) in [6.45, 7) is 6.65. The third kappa shape index (κ3) is 3.56. The number of hydrogen-bond donors (Lipinski definition) is 0. The van der Waals surface area contributed by atoms with Crippen molar-refractivity contribution in [2.45, 2.75) is 26.7 Å². The number of aryl methyl sites for hydroxylation is 1. The molecule has 86 valence electrons. The molecule has 0 aliphatic rings. The van der Waals surface area contributed by atoms with Gasteiger partial charge in [-0.15, -0.1) is 34.5 Å². The van der Waals surface area contributed by atoms with E-state index in [9.17, 15) is 0 Å². The number of halogens is 2. The molecule has 0 nitrogen and oxygen atoms in total. The molecule has 0 aliphatic carbocycles. The van der Waals surface area contributed by atoms with Crippen LogP contribution in [0.2, 0.25) is 0 Å². The molecule has 0 spiro atoms. The number of fused-ring (bicyclic) bond motifs is 1. The van der Waals surface area contributed by atoms with Gasteiger partial charge in [0.05, 0.1) is 0 Å². The van der Waals surface area contributed by atoms with Crippen LogP contribution < -0.4 is 0 Å². The van der Waals surface area contributed by atoms with E-state index in [2.05, 4.69) is 51.1 Å². The second-order valence-corrected chi connectivity index (χ2v) is 6.69. The molecule has 2 aromatic carbocycles. The first-order valence-electron chi connectivity index (χ1n) is 5.22. The molecule has 0 saturated heterocycles. The fraction of sp³-hybridized carbons (Fsp3) is 0.308. The molecule has 2 rings (SSSR count). The molecule has 0 radical (unpaired) electrons. The molecule has 0 aromatic heterocycles. The van der Waals surface area contributed by atoms with E-state index in [1.807, 2.05) is 0 Å². The van der Waals surface area contributed by atoms with Gasteiger partial charge in [0, 0.05) is 0 Å². The third-order valence-corrected chi connectivity index (χ3v) is 2.55. The Hall–Kier alpha value is 0.124. The van der Waals surface area contributed by atoms with E-state index in [1.54, 1.807) is 0 Å². The summed E-state index contributed by atoms with van der Waals surface area (Å²) in [5.41, 5.74) is 2.83. The van der Waals surface area contributed by atoms with Gasteiger partial charge in [-0.3, -0.25) is 0 Å². The van der Waals surface area contributed by atoms with Gasteiger partial charge in [-0.2, -0.15) is 6.07 Å². The topological polar surface area (TPSA) is 0 Å². The summed E-state index contributed by atoms with van der Waals surface area (Å²) >= 11 is -0.556. The Morgan fingerprint density at radius 3 is 2.44 bits per heavy atom. The van der Waals surface area contributed by atoms with Crippen LogP contribution in [0.15, 0.2) is 30.3 Å². The van der Waals surface area contributed by atoms with Crippen LogP contribution in [0, 0.1) is 6.92 Å². The Balaban J connectivity index is 0.000000386. The van der Waals surface area contributed by atoms with Gasteiger partial charge in [0.15, 0.2) is 0 Å². The average molecular weight is 290 g/mol. The van der Waals surface area contributed by atoms with Crippen molar-refractivity contribution >= 4 is 29.4 Å². The molecule has 0 bridgehead atoms. The summed E-state index contributed by atoms with van der Waals surface area (Å²) in [6.07, 6.45) is 0. The van der Waals surface area contributed by atoms with Gasteiger partial charge in [-0.1, -0.05) is 32.4 Å². The van der Waals surface area contributed by atoms with E-state index in [-0.39, 0.29) is 0 Å². The van der Waals surface area contributed by atoms with Crippen LogP contribution in [0.3, 0.4) is 0 Å². The van der Waals surface area contributed by atoms with Crippen molar-refractivity contribution in [3.8, 4) is 0 Å². The molecular formula is C13H15Cl2Ti-. The molecule has 0 aliphatic heterocycles. The molecule has 0 amide bonds. The molecule has 0 saturated carbocycles. The Morgan fingerprint density at radius 1 is 1.25 bits per heavy atom. The van der Waals surface area contributed by atoms with Crippen LogP contribution in [0.5, 0.6) is 0 Å². The number of hydrogen-bond acceptors (Lipinski definition) is 0. The van der Waals surface area contributed by atoms with Crippen LogP contribution in [0.4, 0.5) is 0 Å². The van der Waals surface area contributed by atoms with E-state index in [1.165, 1.54) is 21.9 Å². The quantitative estimate of drug-likeness (QED) is 0.489. The van der Waals surface area contributed by atoms with Gasteiger partial charge in [-0.05, 0) is 5.92 Å². The van der Waals surface area contributed by atoms with Gasteiger partial charge in [0.25, 0.3) is 0 Å². The molecule has 3 heteroatoms. The zero-order valence-corrected chi connectivity index (χ0v) is 12.8. The predicted octanol–water partition coefficient (Wildman–Crippen LogP) is 5.37. The van der Waals surface area contributed by atoms with Crippen LogP contribution in [-0.2, 0) is 17.0 Å². The monoisotopic (exact) mass is 289 g/mol. The maximum atomic E-state index is 4.89. The van der Waals surface area contributed by atoms with Crippen molar-refractivity contribution in [3.63, 3.8) is 0 Å². The Morgan fingerprint density at radius 2 is 1.88 bits per heavy atom. The minimum absolute atomic E-state index is 0.556. The predicted molar refractivity (Wildman–Crippen MR) is 70.1 cm³/mol. The molecule has 0 atom stereocenters. The van der Waals surface area contributed by atoms with E-state index >= 15 is 0 Å². The maximum absolute atomic E-state index is 4.89. The Kier molecular flexibility index (Phi) is 6.00. The summed E-state index contributed by atoms with van der Waals surface area (Å²) in [5.74, 6) is 0.616. The number of rotatable bonds is 1. The van der Waals surface area contributed by atoms with Crippen LogP contribution in [0.25, 0.3) is 10.8 Å². The Bertz CT molecular complexity index is 446. The zero-order chi connectivity index (χ0) is 12.1. The summed E-state index contributed by atoms with van der Waals surface area (Å²) < 4.78 is 0. The number of benzene rings is 1. The van der Waals surface area contributed by atoms with Gasteiger partial charge >= 0.3 is 35.6 Å². The first-order valence-corrected chi connectivity index (χ1v) is 9.52. The van der Waals surface area contributed by atoms with Crippen molar-refractivity contribution < 1.29 is 17.0 Å². The fourth-order valence-corrected chi connectivity index (χ4v) is 1.91. The van der Waals surface area contributed by atoms with E-state index < -0.39 is 17.0 Å². The van der Waals surface area contributed by atoms with Crippen LogP contribution in [-0.4, -0.2) is 0 Å². The van der Waals surface area contributed by atoms with Crippen molar-refractivity contribution in [3.05, 3.63) is 41.5 Å². The molecule has 0 unspecified atom stereocenters. The van der Waals surface area contributed by atoms with Gasteiger partial charge in [-0.25, -0.2) is 0 Å². The van der Waals surface area contributed by atoms with Crippen LogP contribution in [0.1, 0.15) is 30.9 Å². The van der Waals surface area contributed by atoms with Crippen molar-refractivity contribution in [1.29, 1.82) is 0 Å². The molecule has 0 fully saturated rings. The van der Waals surface area contributed by atoms with E-state index in [0.717, 1.165) is 0 Å². The average Bonchev–Trinajstić information content (AvgIpc) is 2.58. The zero-order valence-electron chi connectivity index (χ0n) is 9.72. The summed E-state index contributed by atoms with van der Waals surface area (Å²) in [5, 5.41) is 2.80. The molecule has 0 N–H and O–H groups in total. The van der Waals surface area contributed by atoms with Crippen molar-refractivity contribution in [2.75, 3.05) is 0 Å². The first kappa shape index (κ1) is 14.2. The van der Waals surface area contributed by atoms with Gasteiger partial charge in [0.1, 0.15) is 0 Å². The normalized spacial score (nSPS) is 10.1. The third-order valence-electron chi connectivity index (χ3n) is 2.55. The van der Waals surface area contributed by atoms with E-state index in [4.69, 9.17) is 18.6 Å². The SMILES string of the molecule is Cc1cc2c(C(C)C)cccc2[cH-]1.[Cl][Ti][Cl]. The summed E-state index contributed by atoms with van der Waals surface area (Å²) in [6, 6.07) is 11.1. The van der Waals surface area contributed by atoms with Crippen molar-refractivity contribution in [2.24, 2.45) is 0 Å². The van der Waals surface area contributed by atoms with E-state index in [0.29, 0.717) is 5.92 Å². The first-order chi connectivity index (χ1) is 7.60. The second kappa shape index (κ2) is 6.76. The minimum atomic E-state index is -0.556. The van der Waals surface area contributed by atoms with Gasteiger partial charge < -0.3 is 0 Å². The molecule has 16 heavy (non-hydrogen) atoms. The van der Waals surface area contributed by atoms with Crippen LogP contribution >= 0.6 is 18.6 Å².